The Morgan fingerprint density at radius 3 is 1.50 bits per heavy atom. The summed E-state index contributed by atoms with van der Waals surface area (Å²) < 4.78 is 17.5. The van der Waals surface area contributed by atoms with Crippen LogP contribution in [0.25, 0.3) is 0 Å². The molecule has 0 spiro atoms. The Labute approximate surface area is 155 Å². The van der Waals surface area contributed by atoms with Gasteiger partial charge < -0.3 is 40.4 Å². The van der Waals surface area contributed by atoms with Crippen molar-refractivity contribution in [2.75, 3.05) is 60.7 Å². The molecular weight excluding hydrogens is 350 g/mol. The monoisotopic (exact) mass is 387 g/mol. The van der Waals surface area contributed by atoms with E-state index in [1.165, 1.54) is 0 Å². The lowest BCUT2D eigenvalue weighted by Gasteiger charge is -2.39. The van der Waals surface area contributed by atoms with Gasteiger partial charge >= 0.3 is 8.80 Å². The van der Waals surface area contributed by atoms with Gasteiger partial charge in [0.2, 0.25) is 0 Å². The standard InChI is InChI=1S/C16H38NO5Si.ClH/c1-5-17(11-6-8-14-18,12-7-9-15-19)13-10-16-23(20-2,21-3)22-4;/h18-19H,5-16H2,1-4H3;1H/q+1;/p-1. The van der Waals surface area contributed by atoms with Gasteiger partial charge in [0.25, 0.3) is 0 Å². The zero-order valence-electron chi connectivity index (χ0n) is 15.9. The quantitative estimate of drug-likeness (QED) is 0.194. The maximum absolute atomic E-state index is 9.04. The molecule has 0 radical (unpaired) electrons. The Balaban J connectivity index is 0. The van der Waals surface area contributed by atoms with E-state index in [-0.39, 0.29) is 25.6 Å². The first-order valence-electron chi connectivity index (χ1n) is 8.80. The Morgan fingerprint density at radius 2 is 1.17 bits per heavy atom. The fourth-order valence-electron chi connectivity index (χ4n) is 3.11. The predicted octanol–water partition coefficient (Wildman–Crippen LogP) is -1.36. The highest BCUT2D eigenvalue weighted by Gasteiger charge is 2.38. The molecule has 0 aromatic rings. The second-order valence-electron chi connectivity index (χ2n) is 6.09. The number of aliphatic hydroxyl groups excluding tert-OH is 2. The van der Waals surface area contributed by atoms with Crippen LogP contribution in [0, 0.1) is 0 Å². The molecule has 0 atom stereocenters. The molecular formula is C16H38ClNO5Si. The van der Waals surface area contributed by atoms with E-state index in [0.717, 1.165) is 68.8 Å². The summed E-state index contributed by atoms with van der Waals surface area (Å²) in [5.74, 6) is 0. The molecule has 24 heavy (non-hydrogen) atoms. The van der Waals surface area contributed by atoms with Crippen LogP contribution in [0.2, 0.25) is 6.04 Å². The molecule has 2 N–H and O–H groups in total. The van der Waals surface area contributed by atoms with Gasteiger partial charge in [-0.05, 0) is 32.6 Å². The van der Waals surface area contributed by atoms with Crippen molar-refractivity contribution in [2.24, 2.45) is 0 Å². The van der Waals surface area contributed by atoms with Gasteiger partial charge in [-0.25, -0.2) is 0 Å². The van der Waals surface area contributed by atoms with Crippen LogP contribution in [0.5, 0.6) is 0 Å². The molecule has 0 aliphatic rings. The summed E-state index contributed by atoms with van der Waals surface area (Å²) in [4.78, 5) is 0. The first-order chi connectivity index (χ1) is 11.1. The number of rotatable bonds is 16. The first-order valence-corrected chi connectivity index (χ1v) is 10.7. The van der Waals surface area contributed by atoms with Crippen LogP contribution in [-0.4, -0.2) is 84.2 Å². The molecule has 8 heteroatoms. The zero-order valence-corrected chi connectivity index (χ0v) is 17.7. The summed E-state index contributed by atoms with van der Waals surface area (Å²) in [6, 6.07) is 0.816. The number of halogens is 1. The van der Waals surface area contributed by atoms with Crippen LogP contribution in [0.15, 0.2) is 0 Å². The molecule has 0 saturated heterocycles. The molecule has 0 aliphatic heterocycles. The van der Waals surface area contributed by atoms with E-state index in [0.29, 0.717) is 0 Å². The van der Waals surface area contributed by atoms with E-state index in [9.17, 15) is 0 Å². The van der Waals surface area contributed by atoms with Gasteiger partial charge in [0.15, 0.2) is 0 Å². The SMILES string of the molecule is CC[N+](CCCCO)(CCCCO)CCC[Si](OC)(OC)OC.[Cl-]. The lowest BCUT2D eigenvalue weighted by molar-refractivity contribution is -0.927. The molecule has 0 unspecified atom stereocenters. The van der Waals surface area contributed by atoms with E-state index in [1.54, 1.807) is 21.3 Å². The average Bonchev–Trinajstić information content (AvgIpc) is 2.59. The maximum atomic E-state index is 9.04. The van der Waals surface area contributed by atoms with Crippen LogP contribution < -0.4 is 12.4 Å². The Hall–Kier alpha value is 0.267. The first kappa shape index (κ1) is 26.5. The fourth-order valence-corrected chi connectivity index (χ4v) is 4.82. The van der Waals surface area contributed by atoms with Crippen molar-refractivity contribution >= 4 is 8.80 Å². The van der Waals surface area contributed by atoms with Crippen molar-refractivity contribution in [1.29, 1.82) is 0 Å². The number of aliphatic hydroxyl groups is 2. The van der Waals surface area contributed by atoms with Gasteiger partial charge in [-0.1, -0.05) is 0 Å². The van der Waals surface area contributed by atoms with E-state index < -0.39 is 8.80 Å². The minimum Gasteiger partial charge on any atom is -1.00 e. The second kappa shape index (κ2) is 15.5. The van der Waals surface area contributed by atoms with Gasteiger partial charge in [-0.15, -0.1) is 0 Å². The molecule has 0 aliphatic carbocycles. The van der Waals surface area contributed by atoms with Crippen LogP contribution in [-0.2, 0) is 13.3 Å². The highest BCUT2D eigenvalue weighted by Crippen LogP contribution is 2.19. The number of unbranched alkanes of at least 4 members (excludes halogenated alkanes) is 2. The number of hydrogen-bond donors (Lipinski definition) is 2. The number of hydrogen-bond acceptors (Lipinski definition) is 5. The highest BCUT2D eigenvalue weighted by atomic mass is 35.5. The van der Waals surface area contributed by atoms with Crippen LogP contribution in [0.4, 0.5) is 0 Å². The van der Waals surface area contributed by atoms with Crippen molar-refractivity contribution in [1.82, 2.24) is 0 Å². The third-order valence-corrected chi connectivity index (χ3v) is 7.63. The van der Waals surface area contributed by atoms with Crippen molar-refractivity contribution in [3.63, 3.8) is 0 Å². The summed E-state index contributed by atoms with van der Waals surface area (Å²) in [6.45, 7) is 7.01. The number of nitrogens with zero attached hydrogens (tertiary/aromatic N) is 1. The maximum Gasteiger partial charge on any atom is 0.500 e. The molecule has 0 heterocycles. The van der Waals surface area contributed by atoms with Crippen LogP contribution in [0.1, 0.15) is 39.0 Å². The van der Waals surface area contributed by atoms with Crippen molar-refractivity contribution in [2.45, 2.75) is 45.1 Å². The molecule has 0 bridgehead atoms. The zero-order chi connectivity index (χ0) is 17.6. The largest absolute Gasteiger partial charge is 1.00 e. The lowest BCUT2D eigenvalue weighted by Crippen LogP contribution is -3.00. The van der Waals surface area contributed by atoms with Crippen molar-refractivity contribution in [3.8, 4) is 0 Å². The summed E-state index contributed by atoms with van der Waals surface area (Å²) in [5, 5.41) is 18.1. The summed E-state index contributed by atoms with van der Waals surface area (Å²) in [5.41, 5.74) is 0. The lowest BCUT2D eigenvalue weighted by atomic mass is 10.2. The third-order valence-electron chi connectivity index (χ3n) is 4.80. The minimum atomic E-state index is -2.50. The fraction of sp³-hybridized carbons (Fsp3) is 1.00. The van der Waals surface area contributed by atoms with Crippen LogP contribution >= 0.6 is 0 Å². The number of quaternary nitrogens is 1. The van der Waals surface area contributed by atoms with E-state index in [4.69, 9.17) is 23.5 Å². The van der Waals surface area contributed by atoms with Gasteiger partial charge in [0, 0.05) is 47.0 Å². The molecule has 0 rings (SSSR count). The summed E-state index contributed by atoms with van der Waals surface area (Å²) in [6.07, 6.45) is 4.77. The Kier molecular flexibility index (Phi) is 17.1. The van der Waals surface area contributed by atoms with Gasteiger partial charge in [0.1, 0.15) is 0 Å². The van der Waals surface area contributed by atoms with Crippen LogP contribution in [0.3, 0.4) is 0 Å². The smallest absolute Gasteiger partial charge is 0.500 e. The minimum absolute atomic E-state index is 0. The van der Waals surface area contributed by atoms with E-state index >= 15 is 0 Å². The molecule has 6 nitrogen and oxygen atoms in total. The molecule has 0 aromatic carbocycles. The summed E-state index contributed by atoms with van der Waals surface area (Å²) in [7, 11) is 2.47. The van der Waals surface area contributed by atoms with Gasteiger partial charge in [-0.3, -0.25) is 0 Å². The predicted molar refractivity (Wildman–Crippen MR) is 94.2 cm³/mol. The van der Waals surface area contributed by atoms with E-state index in [1.807, 2.05) is 0 Å². The normalized spacial score (nSPS) is 12.2. The van der Waals surface area contributed by atoms with Gasteiger partial charge in [-0.2, -0.15) is 0 Å². The molecule has 0 amide bonds. The topological polar surface area (TPSA) is 68.2 Å². The highest BCUT2D eigenvalue weighted by molar-refractivity contribution is 6.60. The van der Waals surface area contributed by atoms with Crippen molar-refractivity contribution in [3.05, 3.63) is 0 Å². The molecule has 0 aromatic heterocycles. The van der Waals surface area contributed by atoms with E-state index in [2.05, 4.69) is 6.92 Å². The third kappa shape index (κ3) is 9.67. The summed E-state index contributed by atoms with van der Waals surface area (Å²) >= 11 is 0. The molecule has 0 saturated carbocycles. The van der Waals surface area contributed by atoms with Crippen molar-refractivity contribution < 1.29 is 40.4 Å². The van der Waals surface area contributed by atoms with Gasteiger partial charge in [0.05, 0.1) is 26.2 Å². The Morgan fingerprint density at radius 1 is 0.750 bits per heavy atom. The molecule has 0 fully saturated rings. The second-order valence-corrected chi connectivity index (χ2v) is 9.18. The Bertz CT molecular complexity index is 265. The molecule has 148 valence electrons. The average molecular weight is 388 g/mol.